The van der Waals surface area contributed by atoms with Gasteiger partial charge in [-0.1, -0.05) is 37.5 Å². The molecule has 1 N–H and O–H groups in total. The molecule has 2 aromatic rings. The fourth-order valence-corrected chi connectivity index (χ4v) is 4.57. The quantitative estimate of drug-likeness (QED) is 0.651. The highest BCUT2D eigenvalue weighted by Gasteiger charge is 2.44. The number of hydrogen-bond acceptors (Lipinski definition) is 4. The van der Waals surface area contributed by atoms with Crippen molar-refractivity contribution in [1.29, 1.82) is 0 Å². The number of carbonyl (C=O) groups excluding carboxylic acids is 2. The van der Waals surface area contributed by atoms with Crippen LogP contribution in [-0.2, 0) is 22.4 Å². The smallest absolute Gasteiger partial charge is 0.331 e. The van der Waals surface area contributed by atoms with Gasteiger partial charge in [0.2, 0.25) is 0 Å². The number of nitrogens with one attached hydrogen (secondary N) is 1. The molecule has 2 aliphatic carbocycles. The van der Waals surface area contributed by atoms with Crippen LogP contribution in [0.1, 0.15) is 66.7 Å². The van der Waals surface area contributed by atoms with E-state index in [1.54, 1.807) is 0 Å². The van der Waals surface area contributed by atoms with Crippen molar-refractivity contribution in [3.05, 3.63) is 47.3 Å². The van der Waals surface area contributed by atoms with Crippen LogP contribution < -0.4 is 5.32 Å². The van der Waals surface area contributed by atoms with Crippen molar-refractivity contribution in [1.82, 2.24) is 15.1 Å². The van der Waals surface area contributed by atoms with E-state index in [1.165, 1.54) is 7.11 Å². The molecule has 0 radical (unpaired) electrons. The molecule has 1 saturated carbocycles. The molecule has 6 nitrogen and oxygen atoms in total. The van der Waals surface area contributed by atoms with Crippen LogP contribution in [0.2, 0.25) is 0 Å². The van der Waals surface area contributed by atoms with Gasteiger partial charge in [-0.25, -0.2) is 9.48 Å². The highest BCUT2D eigenvalue weighted by atomic mass is 16.5. The van der Waals surface area contributed by atoms with Crippen molar-refractivity contribution in [2.75, 3.05) is 7.11 Å². The molecule has 0 bridgehead atoms. The number of amides is 1. The number of carbonyl (C=O) groups is 2. The Labute approximate surface area is 165 Å². The molecule has 148 valence electrons. The van der Waals surface area contributed by atoms with E-state index < -0.39 is 5.54 Å². The van der Waals surface area contributed by atoms with Crippen molar-refractivity contribution in [3.63, 3.8) is 0 Å². The van der Waals surface area contributed by atoms with Crippen molar-refractivity contribution in [2.24, 2.45) is 0 Å². The molecule has 0 aliphatic heterocycles. The molecule has 2 aliphatic rings. The van der Waals surface area contributed by atoms with Gasteiger partial charge in [-0.2, -0.15) is 5.10 Å². The molecule has 4 rings (SSSR count). The summed E-state index contributed by atoms with van der Waals surface area (Å²) in [6.45, 7) is 0. The molecule has 0 unspecified atom stereocenters. The fraction of sp³-hybridized carbons (Fsp3) is 0.500. The van der Waals surface area contributed by atoms with Gasteiger partial charge in [0.05, 0.1) is 12.8 Å². The topological polar surface area (TPSA) is 73.2 Å². The van der Waals surface area contributed by atoms with Crippen LogP contribution in [0.5, 0.6) is 0 Å². The van der Waals surface area contributed by atoms with Gasteiger partial charge < -0.3 is 10.1 Å². The Morgan fingerprint density at radius 1 is 1.04 bits per heavy atom. The van der Waals surface area contributed by atoms with Gasteiger partial charge in [0.15, 0.2) is 5.69 Å². The lowest BCUT2D eigenvalue weighted by molar-refractivity contribution is -0.148. The van der Waals surface area contributed by atoms with Gasteiger partial charge in [0, 0.05) is 11.3 Å². The highest BCUT2D eigenvalue weighted by molar-refractivity contribution is 5.98. The minimum absolute atomic E-state index is 0.264. The average molecular weight is 381 g/mol. The van der Waals surface area contributed by atoms with Gasteiger partial charge in [-0.05, 0) is 50.7 Å². The van der Waals surface area contributed by atoms with E-state index in [-0.39, 0.29) is 11.9 Å². The summed E-state index contributed by atoms with van der Waals surface area (Å²) in [4.78, 5) is 25.7. The second kappa shape index (κ2) is 7.78. The number of methoxy groups -OCH3 is 1. The molecule has 0 saturated heterocycles. The van der Waals surface area contributed by atoms with Gasteiger partial charge in [-0.3, -0.25) is 4.79 Å². The van der Waals surface area contributed by atoms with Gasteiger partial charge >= 0.3 is 5.97 Å². The molecule has 1 amide bonds. The molecule has 0 spiro atoms. The Bertz CT molecular complexity index is 867. The standard InChI is InChI=1S/C22H27N3O3/c1-28-21(27)22(14-8-9-15-22)23-20(26)19-17-12-6-3-7-13-18(17)25(24-19)16-10-4-2-5-11-16/h2,4-5,10-11H,3,6-9,12-15H2,1H3,(H,23,26). The summed E-state index contributed by atoms with van der Waals surface area (Å²) in [5.74, 6) is -0.618. The Morgan fingerprint density at radius 2 is 1.75 bits per heavy atom. The first-order chi connectivity index (χ1) is 13.6. The van der Waals surface area contributed by atoms with Crippen LogP contribution >= 0.6 is 0 Å². The normalized spacial score (nSPS) is 18.2. The van der Waals surface area contributed by atoms with Crippen LogP contribution in [0, 0.1) is 0 Å². The maximum Gasteiger partial charge on any atom is 0.331 e. The molecule has 1 heterocycles. The number of rotatable bonds is 4. The molecule has 1 fully saturated rings. The maximum absolute atomic E-state index is 13.3. The first kappa shape index (κ1) is 18.7. The summed E-state index contributed by atoms with van der Waals surface area (Å²) in [5, 5.41) is 7.72. The third-order valence-electron chi connectivity index (χ3n) is 6.03. The molecule has 1 aromatic heterocycles. The van der Waals surface area contributed by atoms with Crippen LogP contribution in [0.3, 0.4) is 0 Å². The second-order valence-corrected chi connectivity index (χ2v) is 7.82. The maximum atomic E-state index is 13.3. The zero-order chi connectivity index (χ0) is 19.6. The Hall–Kier alpha value is -2.63. The number of nitrogens with zero attached hydrogens (tertiary/aromatic N) is 2. The van der Waals surface area contributed by atoms with Crippen molar-refractivity contribution in [3.8, 4) is 5.69 Å². The van der Waals surface area contributed by atoms with Crippen molar-refractivity contribution < 1.29 is 14.3 Å². The second-order valence-electron chi connectivity index (χ2n) is 7.82. The molecule has 6 heteroatoms. The van der Waals surface area contributed by atoms with Crippen LogP contribution in [0.15, 0.2) is 30.3 Å². The minimum atomic E-state index is -0.917. The monoisotopic (exact) mass is 381 g/mol. The first-order valence-electron chi connectivity index (χ1n) is 10.2. The predicted molar refractivity (Wildman–Crippen MR) is 106 cm³/mol. The highest BCUT2D eigenvalue weighted by Crippen LogP contribution is 2.32. The fourth-order valence-electron chi connectivity index (χ4n) is 4.57. The van der Waals surface area contributed by atoms with Crippen LogP contribution in [-0.4, -0.2) is 34.3 Å². The lowest BCUT2D eigenvalue weighted by atomic mass is 9.97. The van der Waals surface area contributed by atoms with Crippen LogP contribution in [0.25, 0.3) is 5.69 Å². The summed E-state index contributed by atoms with van der Waals surface area (Å²) in [5.41, 5.74) is 2.64. The number of hydrogen-bond donors (Lipinski definition) is 1. The Morgan fingerprint density at radius 3 is 2.46 bits per heavy atom. The summed E-state index contributed by atoms with van der Waals surface area (Å²) < 4.78 is 6.91. The van der Waals surface area contributed by atoms with E-state index in [9.17, 15) is 9.59 Å². The third-order valence-corrected chi connectivity index (χ3v) is 6.03. The number of aromatic nitrogens is 2. The van der Waals surface area contributed by atoms with Crippen molar-refractivity contribution in [2.45, 2.75) is 63.3 Å². The lowest BCUT2D eigenvalue weighted by Crippen LogP contribution is -2.53. The first-order valence-corrected chi connectivity index (χ1v) is 10.2. The summed E-state index contributed by atoms with van der Waals surface area (Å²) in [6, 6.07) is 9.94. The number of esters is 1. The summed E-state index contributed by atoms with van der Waals surface area (Å²) >= 11 is 0. The number of para-hydroxylation sites is 1. The zero-order valence-electron chi connectivity index (χ0n) is 16.4. The summed E-state index contributed by atoms with van der Waals surface area (Å²) in [7, 11) is 1.38. The van der Waals surface area contributed by atoms with E-state index in [0.717, 1.165) is 61.9 Å². The average Bonchev–Trinajstić information content (AvgIpc) is 3.26. The minimum Gasteiger partial charge on any atom is -0.467 e. The van der Waals surface area contributed by atoms with Gasteiger partial charge in [-0.15, -0.1) is 0 Å². The largest absolute Gasteiger partial charge is 0.467 e. The predicted octanol–water partition coefficient (Wildman–Crippen LogP) is 3.36. The Kier molecular flexibility index (Phi) is 5.20. The zero-order valence-corrected chi connectivity index (χ0v) is 16.4. The van der Waals surface area contributed by atoms with Gasteiger partial charge in [0.25, 0.3) is 5.91 Å². The lowest BCUT2D eigenvalue weighted by Gasteiger charge is -2.26. The third kappa shape index (κ3) is 3.32. The van der Waals surface area contributed by atoms with Crippen molar-refractivity contribution >= 4 is 11.9 Å². The Balaban J connectivity index is 1.72. The number of fused-ring (bicyclic) bond motifs is 1. The SMILES string of the molecule is COC(=O)C1(NC(=O)c2nn(-c3ccccc3)c3c2CCCCC3)CCCC1. The molecule has 28 heavy (non-hydrogen) atoms. The van der Waals surface area contributed by atoms with Crippen LogP contribution in [0.4, 0.5) is 0 Å². The number of benzene rings is 1. The summed E-state index contributed by atoms with van der Waals surface area (Å²) in [6.07, 6.45) is 8.10. The van der Waals surface area contributed by atoms with E-state index in [1.807, 2.05) is 35.0 Å². The van der Waals surface area contributed by atoms with E-state index in [2.05, 4.69) is 5.32 Å². The van der Waals surface area contributed by atoms with Gasteiger partial charge in [0.1, 0.15) is 5.54 Å². The van der Waals surface area contributed by atoms with E-state index in [4.69, 9.17) is 9.84 Å². The van der Waals surface area contributed by atoms with E-state index >= 15 is 0 Å². The molecule has 1 aromatic carbocycles. The molecule has 0 atom stereocenters. The molecular formula is C22H27N3O3. The van der Waals surface area contributed by atoms with E-state index in [0.29, 0.717) is 18.5 Å². The number of ether oxygens (including phenoxy) is 1. The molecular weight excluding hydrogens is 354 g/mol.